The van der Waals surface area contributed by atoms with Crippen molar-refractivity contribution in [2.45, 2.75) is 20.5 Å². The van der Waals surface area contributed by atoms with Gasteiger partial charge in [0.15, 0.2) is 5.78 Å². The van der Waals surface area contributed by atoms with Crippen molar-refractivity contribution in [3.05, 3.63) is 63.7 Å². The van der Waals surface area contributed by atoms with E-state index in [4.69, 9.17) is 4.74 Å². The Morgan fingerprint density at radius 1 is 1.12 bits per heavy atom. The first-order valence-electron chi connectivity index (χ1n) is 7.16. The molecule has 24 heavy (non-hydrogen) atoms. The summed E-state index contributed by atoms with van der Waals surface area (Å²) in [4.78, 5) is 33.9. The van der Waals surface area contributed by atoms with E-state index >= 15 is 0 Å². The lowest BCUT2D eigenvalue weighted by Gasteiger charge is -2.13. The number of benzene rings is 2. The molecule has 0 radical (unpaired) electrons. The Morgan fingerprint density at radius 2 is 1.79 bits per heavy atom. The van der Waals surface area contributed by atoms with Crippen LogP contribution in [0.15, 0.2) is 42.5 Å². The van der Waals surface area contributed by atoms with E-state index in [0.717, 1.165) is 5.56 Å². The monoisotopic (exact) mass is 328 g/mol. The van der Waals surface area contributed by atoms with Crippen molar-refractivity contribution in [2.24, 2.45) is 0 Å². The average molecular weight is 328 g/mol. The summed E-state index contributed by atoms with van der Waals surface area (Å²) in [5.74, 6) is -0.971. The molecule has 0 aromatic heterocycles. The number of anilines is 1. The number of nitrogens with one attached hydrogen (secondary N) is 1. The van der Waals surface area contributed by atoms with E-state index in [9.17, 15) is 19.7 Å². The van der Waals surface area contributed by atoms with Crippen LogP contribution in [-0.4, -0.2) is 16.6 Å². The Labute approximate surface area is 138 Å². The van der Waals surface area contributed by atoms with Crippen LogP contribution in [0.3, 0.4) is 0 Å². The van der Waals surface area contributed by atoms with Gasteiger partial charge in [-0.3, -0.25) is 19.7 Å². The fraction of sp³-hybridized carbons (Fsp3) is 0.176. The van der Waals surface area contributed by atoms with Gasteiger partial charge < -0.3 is 10.1 Å². The first-order valence-corrected chi connectivity index (χ1v) is 7.16. The molecule has 1 N–H and O–H groups in total. The highest BCUT2D eigenvalue weighted by molar-refractivity contribution is 6.01. The lowest BCUT2D eigenvalue weighted by atomic mass is 10.1. The Hall–Kier alpha value is -3.22. The zero-order valence-electron chi connectivity index (χ0n) is 13.2. The van der Waals surface area contributed by atoms with E-state index in [0.29, 0.717) is 0 Å². The van der Waals surface area contributed by atoms with Gasteiger partial charge in [0.1, 0.15) is 12.3 Å². The van der Waals surface area contributed by atoms with Gasteiger partial charge >= 0.3 is 5.69 Å². The first kappa shape index (κ1) is 17.1. The van der Waals surface area contributed by atoms with E-state index in [1.165, 1.54) is 26.0 Å². The van der Waals surface area contributed by atoms with Crippen LogP contribution in [0.5, 0.6) is 5.75 Å². The molecular weight excluding hydrogens is 312 g/mol. The summed E-state index contributed by atoms with van der Waals surface area (Å²) < 4.78 is 5.59. The molecular formula is C17H16N2O5. The second-order valence-corrected chi connectivity index (χ2v) is 5.11. The van der Waals surface area contributed by atoms with Crippen molar-refractivity contribution in [3.63, 3.8) is 0 Å². The van der Waals surface area contributed by atoms with Crippen molar-refractivity contribution < 1.29 is 19.2 Å². The number of hydrogen-bond acceptors (Lipinski definition) is 5. The van der Waals surface area contributed by atoms with E-state index in [1.54, 1.807) is 12.1 Å². The van der Waals surface area contributed by atoms with Crippen LogP contribution in [0, 0.1) is 10.1 Å². The highest BCUT2D eigenvalue weighted by Gasteiger charge is 2.27. The lowest BCUT2D eigenvalue weighted by Crippen LogP contribution is -2.11. The molecule has 2 aromatic rings. The normalized spacial score (nSPS) is 10.1. The Morgan fingerprint density at radius 3 is 2.33 bits per heavy atom. The topological polar surface area (TPSA) is 98.5 Å². The van der Waals surface area contributed by atoms with Gasteiger partial charge in [0.05, 0.1) is 10.5 Å². The summed E-state index contributed by atoms with van der Waals surface area (Å²) in [6, 6.07) is 11.8. The molecule has 0 aliphatic carbocycles. The first-order chi connectivity index (χ1) is 11.4. The van der Waals surface area contributed by atoms with Gasteiger partial charge in [0.25, 0.3) is 0 Å². The average Bonchev–Trinajstić information content (AvgIpc) is 2.52. The maximum Gasteiger partial charge on any atom is 0.334 e. The standard InChI is InChI=1S/C17H16N2O5/c1-11(20)14-8-9-15(18-12(2)21)16(19(22)23)17(14)24-10-13-6-4-3-5-7-13/h3-9H,10H2,1-2H3,(H,18,21). The minimum absolute atomic E-state index is 0.0134. The van der Waals surface area contributed by atoms with Crippen LogP contribution in [-0.2, 0) is 11.4 Å². The number of ketones is 1. The van der Waals surface area contributed by atoms with Crippen molar-refractivity contribution in [3.8, 4) is 5.75 Å². The highest BCUT2D eigenvalue weighted by Crippen LogP contribution is 2.39. The minimum Gasteiger partial charge on any atom is -0.481 e. The van der Waals surface area contributed by atoms with Crippen LogP contribution < -0.4 is 10.1 Å². The fourth-order valence-corrected chi connectivity index (χ4v) is 2.20. The predicted octanol–water partition coefficient (Wildman–Crippen LogP) is 3.33. The minimum atomic E-state index is -0.669. The smallest absolute Gasteiger partial charge is 0.334 e. The zero-order chi connectivity index (χ0) is 17.7. The number of hydrogen-bond donors (Lipinski definition) is 1. The van der Waals surface area contributed by atoms with Gasteiger partial charge in [-0.2, -0.15) is 0 Å². The van der Waals surface area contributed by atoms with Crippen molar-refractivity contribution in [1.29, 1.82) is 0 Å². The predicted molar refractivity (Wildman–Crippen MR) is 88.2 cm³/mol. The number of nitro benzene ring substituents is 1. The van der Waals surface area contributed by atoms with Crippen LogP contribution >= 0.6 is 0 Å². The molecule has 0 aliphatic heterocycles. The number of carbonyl (C=O) groups excluding carboxylic acids is 2. The fourth-order valence-electron chi connectivity index (χ4n) is 2.20. The Kier molecular flexibility index (Phi) is 5.26. The Bertz CT molecular complexity index is 787. The van der Waals surface area contributed by atoms with Crippen LogP contribution in [0.4, 0.5) is 11.4 Å². The van der Waals surface area contributed by atoms with E-state index in [1.807, 2.05) is 18.2 Å². The summed E-state index contributed by atoms with van der Waals surface area (Å²) in [7, 11) is 0. The van der Waals surface area contributed by atoms with Gasteiger partial charge in [-0.05, 0) is 24.6 Å². The third kappa shape index (κ3) is 3.95. The number of nitrogens with zero attached hydrogens (tertiary/aromatic N) is 1. The number of Topliss-reactive ketones (excluding diaryl/α,β-unsaturated/α-hetero) is 1. The molecule has 0 unspecified atom stereocenters. The van der Waals surface area contributed by atoms with Gasteiger partial charge in [0, 0.05) is 6.92 Å². The number of amides is 1. The summed E-state index contributed by atoms with van der Waals surface area (Å²) in [5, 5.41) is 13.9. The maximum atomic E-state index is 11.8. The van der Waals surface area contributed by atoms with Crippen LogP contribution in [0.1, 0.15) is 29.8 Å². The Balaban J connectivity index is 2.49. The SMILES string of the molecule is CC(=O)Nc1ccc(C(C)=O)c(OCc2ccccc2)c1[N+](=O)[O-]. The van der Waals surface area contributed by atoms with Crippen molar-refractivity contribution in [1.82, 2.24) is 0 Å². The number of ether oxygens (including phenoxy) is 1. The molecule has 0 atom stereocenters. The third-order valence-corrected chi connectivity index (χ3v) is 3.23. The largest absolute Gasteiger partial charge is 0.481 e. The van der Waals surface area contributed by atoms with Crippen LogP contribution in [0.2, 0.25) is 0 Å². The van der Waals surface area contributed by atoms with Gasteiger partial charge in [-0.15, -0.1) is 0 Å². The van der Waals surface area contributed by atoms with Gasteiger partial charge in [-0.1, -0.05) is 30.3 Å². The molecule has 7 nitrogen and oxygen atoms in total. The summed E-state index contributed by atoms with van der Waals surface area (Å²) in [5.41, 5.74) is 0.437. The molecule has 7 heteroatoms. The summed E-state index contributed by atoms with van der Waals surface area (Å²) in [6.07, 6.45) is 0. The number of carbonyl (C=O) groups is 2. The second-order valence-electron chi connectivity index (χ2n) is 5.11. The molecule has 0 saturated heterocycles. The van der Waals surface area contributed by atoms with Crippen molar-refractivity contribution >= 4 is 23.1 Å². The molecule has 124 valence electrons. The molecule has 2 rings (SSSR count). The molecule has 2 aromatic carbocycles. The van der Waals surface area contributed by atoms with Gasteiger partial charge in [0.2, 0.25) is 11.7 Å². The van der Waals surface area contributed by atoms with E-state index < -0.39 is 16.5 Å². The summed E-state index contributed by atoms with van der Waals surface area (Å²) >= 11 is 0. The third-order valence-electron chi connectivity index (χ3n) is 3.23. The van der Waals surface area contributed by atoms with E-state index in [-0.39, 0.29) is 29.4 Å². The van der Waals surface area contributed by atoms with E-state index in [2.05, 4.69) is 5.32 Å². The number of nitro groups is 1. The van der Waals surface area contributed by atoms with Crippen molar-refractivity contribution in [2.75, 3.05) is 5.32 Å². The molecule has 0 fully saturated rings. The summed E-state index contributed by atoms with van der Waals surface area (Å²) in [6.45, 7) is 2.60. The van der Waals surface area contributed by atoms with Gasteiger partial charge in [-0.25, -0.2) is 0 Å². The lowest BCUT2D eigenvalue weighted by molar-refractivity contribution is -0.385. The highest BCUT2D eigenvalue weighted by atomic mass is 16.6. The molecule has 0 bridgehead atoms. The molecule has 0 heterocycles. The quantitative estimate of drug-likeness (QED) is 0.498. The maximum absolute atomic E-state index is 11.8. The molecule has 1 amide bonds. The number of rotatable bonds is 6. The zero-order valence-corrected chi connectivity index (χ0v) is 13.2. The molecule has 0 saturated carbocycles. The van der Waals surface area contributed by atoms with Crippen LogP contribution in [0.25, 0.3) is 0 Å². The molecule has 0 aliphatic rings. The molecule has 0 spiro atoms. The second kappa shape index (κ2) is 7.36.